The van der Waals surface area contributed by atoms with Gasteiger partial charge in [-0.05, 0) is 56.0 Å². The minimum Gasteiger partial charge on any atom is -0.372 e. The van der Waals surface area contributed by atoms with Crippen LogP contribution in [0.2, 0.25) is 0 Å². The zero-order chi connectivity index (χ0) is 28.4. The summed E-state index contributed by atoms with van der Waals surface area (Å²) in [4.78, 5) is 46.4. The number of benzene rings is 2. The van der Waals surface area contributed by atoms with Gasteiger partial charge in [-0.25, -0.2) is 4.85 Å². The van der Waals surface area contributed by atoms with Crippen molar-refractivity contribution in [2.24, 2.45) is 0 Å². The molecule has 2 aliphatic rings. The SMILES string of the molecule is [C-]#[N+]c1c(N2CCCC2)sc(/C=C2\C(=O)N(NC(=O)c3ccccc3)C(=O)C(C#N)=C2C)c1-c1ccc(C)cc1. The van der Waals surface area contributed by atoms with E-state index in [0.717, 1.165) is 42.1 Å². The van der Waals surface area contributed by atoms with E-state index in [1.807, 2.05) is 37.3 Å². The molecule has 0 saturated carbocycles. The summed E-state index contributed by atoms with van der Waals surface area (Å²) in [5.41, 5.74) is 5.84. The van der Waals surface area contributed by atoms with Gasteiger partial charge in [0.1, 0.15) is 11.6 Å². The molecule has 198 valence electrons. The zero-order valence-electron chi connectivity index (χ0n) is 22.0. The van der Waals surface area contributed by atoms with Crippen molar-refractivity contribution < 1.29 is 14.4 Å². The molecule has 1 aromatic heterocycles. The normalized spacial score (nSPS) is 16.4. The van der Waals surface area contributed by atoms with Crippen molar-refractivity contribution in [2.75, 3.05) is 18.0 Å². The highest BCUT2D eigenvalue weighted by atomic mass is 32.1. The number of hydrogen-bond acceptors (Lipinski definition) is 6. The van der Waals surface area contributed by atoms with E-state index in [4.69, 9.17) is 6.57 Å². The molecular formula is C31H25N5O3S. The maximum absolute atomic E-state index is 13.7. The van der Waals surface area contributed by atoms with Crippen LogP contribution in [0, 0.1) is 24.8 Å². The van der Waals surface area contributed by atoms with E-state index in [1.165, 1.54) is 11.3 Å². The minimum absolute atomic E-state index is 0.101. The van der Waals surface area contributed by atoms with E-state index >= 15 is 0 Å². The maximum atomic E-state index is 13.7. The number of thiophene rings is 1. The van der Waals surface area contributed by atoms with Crippen molar-refractivity contribution in [3.63, 3.8) is 0 Å². The molecule has 3 amide bonds. The number of hydrazine groups is 1. The molecule has 0 spiro atoms. The van der Waals surface area contributed by atoms with Crippen LogP contribution in [0.15, 0.2) is 71.3 Å². The molecule has 0 atom stereocenters. The van der Waals surface area contributed by atoms with E-state index in [1.54, 1.807) is 43.3 Å². The lowest BCUT2D eigenvalue weighted by molar-refractivity contribution is -0.143. The number of carbonyl (C=O) groups excluding carboxylic acids is 3. The third-order valence-corrected chi connectivity index (χ3v) is 8.19. The Hall–Kier alpha value is -4.99. The van der Waals surface area contributed by atoms with E-state index in [0.29, 0.717) is 21.1 Å². The predicted octanol–water partition coefficient (Wildman–Crippen LogP) is 5.81. The molecule has 3 heterocycles. The topological polar surface area (TPSA) is 97.9 Å². The molecule has 1 saturated heterocycles. The molecule has 8 nitrogen and oxygen atoms in total. The first-order valence-corrected chi connectivity index (χ1v) is 13.6. The lowest BCUT2D eigenvalue weighted by Crippen LogP contribution is -2.53. The van der Waals surface area contributed by atoms with Crippen molar-refractivity contribution in [3.8, 4) is 17.2 Å². The first-order valence-electron chi connectivity index (χ1n) is 12.8. The second-order valence-corrected chi connectivity index (χ2v) is 10.6. The predicted molar refractivity (Wildman–Crippen MR) is 154 cm³/mol. The second kappa shape index (κ2) is 11.0. The zero-order valence-corrected chi connectivity index (χ0v) is 22.8. The summed E-state index contributed by atoms with van der Waals surface area (Å²) in [6, 6.07) is 17.9. The quantitative estimate of drug-likeness (QED) is 0.247. The first-order chi connectivity index (χ1) is 19.3. The number of aryl methyl sites for hydroxylation is 1. The number of nitrogens with one attached hydrogen (secondary N) is 1. The van der Waals surface area contributed by atoms with Gasteiger partial charge in [0, 0.05) is 34.7 Å². The third kappa shape index (κ3) is 4.79. The van der Waals surface area contributed by atoms with Crippen LogP contribution >= 0.6 is 11.3 Å². The van der Waals surface area contributed by atoms with Crippen molar-refractivity contribution in [2.45, 2.75) is 26.7 Å². The lowest BCUT2D eigenvalue weighted by atomic mass is 9.94. The average molecular weight is 548 g/mol. The van der Waals surface area contributed by atoms with E-state index in [2.05, 4.69) is 15.2 Å². The highest BCUT2D eigenvalue weighted by Gasteiger charge is 2.37. The Bertz CT molecular complexity index is 1660. The number of anilines is 1. The van der Waals surface area contributed by atoms with Crippen LogP contribution in [-0.2, 0) is 9.59 Å². The van der Waals surface area contributed by atoms with Crippen LogP contribution in [0.4, 0.5) is 10.7 Å². The van der Waals surface area contributed by atoms with Crippen molar-refractivity contribution in [3.05, 3.63) is 98.7 Å². The Kier molecular flexibility index (Phi) is 7.33. The molecule has 0 radical (unpaired) electrons. The largest absolute Gasteiger partial charge is 0.372 e. The maximum Gasteiger partial charge on any atom is 0.290 e. The molecule has 2 aromatic carbocycles. The first kappa shape index (κ1) is 26.6. The van der Waals surface area contributed by atoms with Crippen molar-refractivity contribution >= 4 is 45.8 Å². The van der Waals surface area contributed by atoms with E-state index < -0.39 is 17.7 Å². The summed E-state index contributed by atoms with van der Waals surface area (Å²) in [5, 5.41) is 11.2. The molecule has 3 aromatic rings. The average Bonchev–Trinajstić information content (AvgIpc) is 3.62. The fourth-order valence-corrected chi connectivity index (χ4v) is 6.09. The standard InChI is InChI=1S/C31H25N5O3S/c1-19-11-13-21(14-12-19)26-25(40-31(27(26)33-3)35-15-7-8-16-35)17-23-20(2)24(18-32)30(39)36(29(23)38)34-28(37)22-9-5-4-6-10-22/h4-6,9-14,17H,7-8,15-16H2,1-2H3,(H,34,37)/b23-17-. The molecule has 2 aliphatic heterocycles. The molecule has 9 heteroatoms. The number of nitriles is 1. The number of rotatable bonds is 5. The van der Waals surface area contributed by atoms with Gasteiger partial charge in [0.15, 0.2) is 0 Å². The second-order valence-electron chi connectivity index (χ2n) is 9.59. The summed E-state index contributed by atoms with van der Waals surface area (Å²) in [6.07, 6.45) is 3.71. The molecular weight excluding hydrogens is 522 g/mol. The Labute approximate surface area is 236 Å². The fraction of sp³-hybridized carbons (Fsp3) is 0.194. The minimum atomic E-state index is -0.893. The Morgan fingerprint density at radius 2 is 1.73 bits per heavy atom. The van der Waals surface area contributed by atoms with Crippen LogP contribution in [0.25, 0.3) is 22.0 Å². The molecule has 0 bridgehead atoms. The molecule has 40 heavy (non-hydrogen) atoms. The van der Waals surface area contributed by atoms with Crippen LogP contribution < -0.4 is 10.3 Å². The van der Waals surface area contributed by atoms with Gasteiger partial charge >= 0.3 is 0 Å². The van der Waals surface area contributed by atoms with Crippen molar-refractivity contribution in [1.29, 1.82) is 5.26 Å². The molecule has 0 aliphatic carbocycles. The van der Waals surface area contributed by atoms with Gasteiger partial charge in [0.2, 0.25) is 5.69 Å². The van der Waals surface area contributed by atoms with Crippen LogP contribution in [0.5, 0.6) is 0 Å². The third-order valence-electron chi connectivity index (χ3n) is 7.00. The van der Waals surface area contributed by atoms with Crippen LogP contribution in [-0.4, -0.2) is 35.8 Å². The number of imide groups is 1. The Morgan fingerprint density at radius 3 is 2.35 bits per heavy atom. The summed E-state index contributed by atoms with van der Waals surface area (Å²) in [7, 11) is 0. The fourth-order valence-electron chi connectivity index (χ4n) is 4.84. The van der Waals surface area contributed by atoms with Gasteiger partial charge in [-0.1, -0.05) is 48.0 Å². The summed E-state index contributed by atoms with van der Waals surface area (Å²) in [6.45, 7) is 13.3. The lowest BCUT2D eigenvalue weighted by Gasteiger charge is -2.27. The highest BCUT2D eigenvalue weighted by molar-refractivity contribution is 7.18. The van der Waals surface area contributed by atoms with Gasteiger partial charge in [-0.3, -0.25) is 19.8 Å². The monoisotopic (exact) mass is 547 g/mol. The number of hydrogen-bond donors (Lipinski definition) is 1. The van der Waals surface area contributed by atoms with Crippen molar-refractivity contribution in [1.82, 2.24) is 10.4 Å². The molecule has 1 N–H and O–H groups in total. The van der Waals surface area contributed by atoms with Gasteiger partial charge < -0.3 is 4.90 Å². The summed E-state index contributed by atoms with van der Waals surface area (Å²) < 4.78 is 0. The molecule has 5 rings (SSSR count). The number of amides is 3. The van der Waals surface area contributed by atoms with Gasteiger partial charge in [-0.2, -0.15) is 10.3 Å². The summed E-state index contributed by atoms with van der Waals surface area (Å²) in [5.74, 6) is -2.29. The van der Waals surface area contributed by atoms with Gasteiger partial charge in [0.05, 0.1) is 11.6 Å². The van der Waals surface area contributed by atoms with Gasteiger partial charge in [-0.15, -0.1) is 11.3 Å². The smallest absolute Gasteiger partial charge is 0.290 e. The molecule has 1 fully saturated rings. The molecule has 0 unspecified atom stereocenters. The van der Waals surface area contributed by atoms with Gasteiger partial charge in [0.25, 0.3) is 17.7 Å². The summed E-state index contributed by atoms with van der Waals surface area (Å²) >= 11 is 1.41. The van der Waals surface area contributed by atoms with Crippen LogP contribution in [0.1, 0.15) is 40.6 Å². The number of nitrogens with zero attached hydrogens (tertiary/aromatic N) is 4. The van der Waals surface area contributed by atoms with E-state index in [9.17, 15) is 19.6 Å². The van der Waals surface area contributed by atoms with E-state index in [-0.39, 0.29) is 22.3 Å². The highest BCUT2D eigenvalue weighted by Crippen LogP contribution is 2.50. The Morgan fingerprint density at radius 1 is 1.05 bits per heavy atom. The van der Waals surface area contributed by atoms with Crippen LogP contribution in [0.3, 0.4) is 0 Å². The number of carbonyl (C=O) groups is 3. The Balaban J connectivity index is 1.65.